The summed E-state index contributed by atoms with van der Waals surface area (Å²) in [6, 6.07) is 23.4. The van der Waals surface area contributed by atoms with E-state index >= 15 is 0 Å². The van der Waals surface area contributed by atoms with Gasteiger partial charge in [-0.1, -0.05) is 59.6 Å². The van der Waals surface area contributed by atoms with Crippen LogP contribution in [0.15, 0.2) is 83.3 Å². The number of hydrogen-bond acceptors (Lipinski definition) is 3. The molecule has 4 nitrogen and oxygen atoms in total. The molecule has 0 saturated carbocycles. The Kier molecular flexibility index (Phi) is 7.19. The van der Waals surface area contributed by atoms with Crippen LogP contribution in [0.2, 0.25) is 0 Å². The maximum Gasteiger partial charge on any atom is 0.255 e. The molecule has 0 aliphatic rings. The van der Waals surface area contributed by atoms with Crippen molar-refractivity contribution in [3.05, 3.63) is 94.5 Å². The number of benzene rings is 3. The first-order valence-electron chi connectivity index (χ1n) is 9.49. The fourth-order valence-electron chi connectivity index (χ4n) is 2.88. The van der Waals surface area contributed by atoms with Crippen LogP contribution >= 0.6 is 15.9 Å². The maximum atomic E-state index is 12.7. The topological polar surface area (TPSA) is 55.4 Å². The van der Waals surface area contributed by atoms with Gasteiger partial charge >= 0.3 is 0 Å². The second-order valence-electron chi connectivity index (χ2n) is 6.61. The predicted molar refractivity (Wildman–Crippen MR) is 119 cm³/mol. The number of amides is 1. The minimum absolute atomic E-state index is 0.0277. The van der Waals surface area contributed by atoms with Crippen molar-refractivity contribution in [2.45, 2.75) is 25.9 Å². The number of halogens is 1. The smallest absolute Gasteiger partial charge is 0.255 e. The van der Waals surface area contributed by atoms with Gasteiger partial charge in [0, 0.05) is 21.3 Å². The van der Waals surface area contributed by atoms with Crippen LogP contribution in [-0.4, -0.2) is 17.8 Å². The van der Waals surface area contributed by atoms with Crippen molar-refractivity contribution < 1.29 is 14.3 Å². The monoisotopic (exact) mass is 451 g/mol. The first-order valence-corrected chi connectivity index (χ1v) is 10.3. The third-order valence-corrected chi connectivity index (χ3v) is 4.93. The normalized spacial score (nSPS) is 11.5. The number of Topliss-reactive ketones (excluding diaryl/α,β-unsaturated/α-hetero) is 1. The summed E-state index contributed by atoms with van der Waals surface area (Å²) >= 11 is 3.36. The van der Waals surface area contributed by atoms with Crippen LogP contribution in [-0.2, 0) is 0 Å². The lowest BCUT2D eigenvalue weighted by Gasteiger charge is -2.18. The molecule has 1 N–H and O–H groups in total. The van der Waals surface area contributed by atoms with E-state index in [1.54, 1.807) is 48.5 Å². The Hall–Kier alpha value is -2.92. The van der Waals surface area contributed by atoms with Crippen LogP contribution in [0.5, 0.6) is 5.75 Å². The van der Waals surface area contributed by atoms with Gasteiger partial charge in [-0.25, -0.2) is 0 Å². The quantitative estimate of drug-likeness (QED) is 0.418. The largest absolute Gasteiger partial charge is 0.482 e. The lowest BCUT2D eigenvalue weighted by molar-refractivity contribution is 0.0777. The molecule has 0 bridgehead atoms. The summed E-state index contributed by atoms with van der Waals surface area (Å²) in [6.45, 7) is 2.02. The molecule has 0 aliphatic carbocycles. The van der Waals surface area contributed by atoms with Crippen LogP contribution < -0.4 is 10.1 Å². The highest BCUT2D eigenvalue weighted by atomic mass is 79.9. The van der Waals surface area contributed by atoms with E-state index in [2.05, 4.69) is 21.2 Å². The van der Waals surface area contributed by atoms with Gasteiger partial charge in [-0.3, -0.25) is 9.59 Å². The molecule has 0 spiro atoms. The van der Waals surface area contributed by atoms with Crippen molar-refractivity contribution in [3.8, 4) is 5.75 Å². The van der Waals surface area contributed by atoms with Crippen molar-refractivity contribution in [1.82, 2.24) is 0 Å². The second kappa shape index (κ2) is 10.0. The Balaban J connectivity index is 1.66. The predicted octanol–water partition coefficient (Wildman–Crippen LogP) is 6.13. The summed E-state index contributed by atoms with van der Waals surface area (Å²) in [6.07, 6.45) is 0.936. The number of ether oxygens (including phenoxy) is 1. The zero-order valence-electron chi connectivity index (χ0n) is 16.1. The average Bonchev–Trinajstić information content (AvgIpc) is 2.75. The van der Waals surface area contributed by atoms with Crippen molar-refractivity contribution >= 4 is 33.3 Å². The summed E-state index contributed by atoms with van der Waals surface area (Å²) in [5.74, 6) is 0.378. The average molecular weight is 452 g/mol. The molecule has 1 atom stereocenters. The molecule has 5 heteroatoms. The zero-order valence-corrected chi connectivity index (χ0v) is 17.7. The zero-order chi connectivity index (χ0) is 20.6. The molecule has 0 radical (unpaired) electrons. The maximum absolute atomic E-state index is 12.7. The minimum Gasteiger partial charge on any atom is -0.482 e. The Morgan fingerprint density at radius 1 is 0.897 bits per heavy atom. The van der Waals surface area contributed by atoms with Gasteiger partial charge in [0.1, 0.15) is 5.75 Å². The van der Waals surface area contributed by atoms with Crippen molar-refractivity contribution in [1.29, 1.82) is 0 Å². The van der Waals surface area contributed by atoms with E-state index in [4.69, 9.17) is 4.74 Å². The van der Waals surface area contributed by atoms with Gasteiger partial charge in [0.15, 0.2) is 6.10 Å². The number of carbonyl (C=O) groups is 2. The van der Waals surface area contributed by atoms with Crippen molar-refractivity contribution in [2.75, 3.05) is 5.32 Å². The molecular formula is C24H22BrNO3. The molecular weight excluding hydrogens is 430 g/mol. The molecule has 0 fully saturated rings. The van der Waals surface area contributed by atoms with Gasteiger partial charge in [-0.2, -0.15) is 0 Å². The van der Waals surface area contributed by atoms with Crippen molar-refractivity contribution in [2.24, 2.45) is 0 Å². The summed E-state index contributed by atoms with van der Waals surface area (Å²) in [5, 5.41) is 2.86. The number of nitrogens with one attached hydrogen (secondary N) is 1. The molecule has 3 aromatic rings. The molecule has 1 amide bonds. The molecule has 29 heavy (non-hydrogen) atoms. The highest BCUT2D eigenvalue weighted by Gasteiger charge is 2.21. The summed E-state index contributed by atoms with van der Waals surface area (Å²) < 4.78 is 6.88. The van der Waals surface area contributed by atoms with Crippen LogP contribution in [0.4, 0.5) is 5.69 Å². The lowest BCUT2D eigenvalue weighted by atomic mass is 10.0. The minimum atomic E-state index is -0.536. The number of anilines is 1. The van der Waals surface area contributed by atoms with Gasteiger partial charge in [-0.05, 0) is 55.0 Å². The number of ketones is 1. The molecule has 148 valence electrons. The van der Waals surface area contributed by atoms with Gasteiger partial charge in [0.2, 0.25) is 5.78 Å². The van der Waals surface area contributed by atoms with Gasteiger partial charge in [-0.15, -0.1) is 0 Å². The van der Waals surface area contributed by atoms with Crippen LogP contribution in [0.3, 0.4) is 0 Å². The van der Waals surface area contributed by atoms with Crippen LogP contribution in [0, 0.1) is 0 Å². The van der Waals surface area contributed by atoms with Gasteiger partial charge in [0.05, 0.1) is 0 Å². The Morgan fingerprint density at radius 2 is 1.55 bits per heavy atom. The highest BCUT2D eigenvalue weighted by molar-refractivity contribution is 9.10. The molecule has 1 unspecified atom stereocenters. The summed E-state index contributed by atoms with van der Waals surface area (Å²) in [5.41, 5.74) is 1.88. The van der Waals surface area contributed by atoms with Crippen LogP contribution in [0.25, 0.3) is 0 Å². The molecule has 0 aliphatic heterocycles. The fraction of sp³-hybridized carbons (Fsp3) is 0.167. The first kappa shape index (κ1) is 20.8. The van der Waals surface area contributed by atoms with Gasteiger partial charge in [0.25, 0.3) is 5.91 Å². The van der Waals surface area contributed by atoms with Gasteiger partial charge < -0.3 is 10.1 Å². The number of hydrogen-bond donors (Lipinski definition) is 1. The molecule has 0 heterocycles. The third kappa shape index (κ3) is 5.78. The van der Waals surface area contributed by atoms with E-state index < -0.39 is 6.10 Å². The lowest BCUT2D eigenvalue weighted by Crippen LogP contribution is -2.27. The second-order valence-corrected chi connectivity index (χ2v) is 7.53. The number of rotatable bonds is 8. The summed E-state index contributed by atoms with van der Waals surface area (Å²) in [7, 11) is 0. The van der Waals surface area contributed by atoms with E-state index in [0.717, 1.165) is 10.9 Å². The molecule has 3 aromatic carbocycles. The van der Waals surface area contributed by atoms with Crippen molar-refractivity contribution in [3.63, 3.8) is 0 Å². The van der Waals surface area contributed by atoms with E-state index in [1.165, 1.54) is 0 Å². The summed E-state index contributed by atoms with van der Waals surface area (Å²) in [4.78, 5) is 25.1. The fourth-order valence-corrected chi connectivity index (χ4v) is 3.14. The van der Waals surface area contributed by atoms with Crippen LogP contribution in [0.1, 0.15) is 40.5 Å². The van der Waals surface area contributed by atoms with E-state index in [-0.39, 0.29) is 11.7 Å². The number of carbonyl (C=O) groups excluding carboxylic acids is 2. The first-order chi connectivity index (χ1) is 14.1. The van der Waals surface area contributed by atoms with E-state index in [0.29, 0.717) is 29.0 Å². The Morgan fingerprint density at radius 3 is 2.17 bits per heavy atom. The Bertz CT molecular complexity index is 954. The Labute approximate surface area is 179 Å². The highest BCUT2D eigenvalue weighted by Crippen LogP contribution is 2.21. The SMILES string of the molecule is CCCC(Oc1ccc(NC(=O)c2ccc(Br)cc2)cc1)C(=O)c1ccccc1. The molecule has 0 saturated heterocycles. The molecule has 0 aromatic heterocycles. The van der Waals surface area contributed by atoms with E-state index in [1.807, 2.05) is 37.3 Å². The third-order valence-electron chi connectivity index (χ3n) is 4.40. The van der Waals surface area contributed by atoms with E-state index in [9.17, 15) is 9.59 Å². The standard InChI is InChI=1S/C24H22BrNO3/c1-2-6-22(23(27)17-7-4-3-5-8-17)29-21-15-13-20(14-16-21)26-24(28)18-9-11-19(25)12-10-18/h3-5,7-16,22H,2,6H2,1H3,(H,26,28). The molecule has 3 rings (SSSR count).